The first-order valence-corrected chi connectivity index (χ1v) is 4.44. The molecule has 0 spiro atoms. The molecule has 0 aliphatic rings. The van der Waals surface area contributed by atoms with Crippen LogP contribution in [0.4, 0.5) is 22.0 Å². The van der Waals surface area contributed by atoms with Gasteiger partial charge in [0.1, 0.15) is 5.75 Å². The molecule has 17 heavy (non-hydrogen) atoms. The normalized spacial score (nSPS) is 12.0. The van der Waals surface area contributed by atoms with Crippen LogP contribution in [0, 0.1) is 0 Å². The van der Waals surface area contributed by atoms with E-state index in [1.807, 2.05) is 0 Å². The molecule has 0 fully saturated rings. The molecule has 0 aliphatic carbocycles. The summed E-state index contributed by atoms with van der Waals surface area (Å²) in [4.78, 5) is 2.99. The van der Waals surface area contributed by atoms with Gasteiger partial charge in [0.2, 0.25) is 0 Å². The van der Waals surface area contributed by atoms with Gasteiger partial charge >= 0.3 is 6.18 Å². The Balaban J connectivity index is 3.49. The quantitative estimate of drug-likeness (QED) is 0.845. The van der Waals surface area contributed by atoms with E-state index in [2.05, 4.69) is 9.72 Å². The highest BCUT2D eigenvalue weighted by atomic mass is 19.4. The molecular weight excluding hydrogens is 247 g/mol. The lowest BCUT2D eigenvalue weighted by atomic mass is 10.1. The Labute approximate surface area is 93.4 Å². The number of halogens is 5. The van der Waals surface area contributed by atoms with Crippen LogP contribution in [0.3, 0.4) is 0 Å². The highest BCUT2D eigenvalue weighted by Gasteiger charge is 2.37. The van der Waals surface area contributed by atoms with Gasteiger partial charge in [-0.15, -0.1) is 0 Å². The Morgan fingerprint density at radius 2 is 2.00 bits per heavy atom. The highest BCUT2D eigenvalue weighted by Crippen LogP contribution is 2.38. The minimum atomic E-state index is -4.76. The van der Waals surface area contributed by atoms with E-state index in [0.717, 1.165) is 7.11 Å². The van der Waals surface area contributed by atoms with Gasteiger partial charge in [-0.3, -0.25) is 4.98 Å². The van der Waals surface area contributed by atoms with Crippen LogP contribution in [0.25, 0.3) is 0 Å². The average molecular weight is 256 g/mol. The van der Waals surface area contributed by atoms with Gasteiger partial charge < -0.3 is 10.5 Å². The van der Waals surface area contributed by atoms with E-state index in [0.29, 0.717) is 6.20 Å². The van der Waals surface area contributed by atoms with E-state index < -0.39 is 41.7 Å². The number of nitrogens with zero attached hydrogens (tertiary/aromatic N) is 1. The molecule has 2 N–H and O–H groups in total. The summed E-state index contributed by atoms with van der Waals surface area (Å²) >= 11 is 0. The maximum Gasteiger partial charge on any atom is 0.433 e. The summed E-state index contributed by atoms with van der Waals surface area (Å²) in [5.41, 5.74) is 2.54. The second kappa shape index (κ2) is 4.82. The first-order valence-electron chi connectivity index (χ1n) is 4.44. The maximum absolute atomic E-state index is 12.5. The molecule has 0 unspecified atom stereocenters. The van der Waals surface area contributed by atoms with Crippen molar-refractivity contribution in [2.24, 2.45) is 5.73 Å². The molecule has 0 radical (unpaired) electrons. The van der Waals surface area contributed by atoms with Crippen molar-refractivity contribution in [2.75, 3.05) is 7.11 Å². The van der Waals surface area contributed by atoms with Gasteiger partial charge in [-0.1, -0.05) is 0 Å². The molecule has 0 saturated carbocycles. The SMILES string of the molecule is COc1c(C(F)F)cnc(C(F)(F)F)c1CN. The number of hydrogen-bond acceptors (Lipinski definition) is 3. The van der Waals surface area contributed by atoms with E-state index in [4.69, 9.17) is 5.73 Å². The third kappa shape index (κ3) is 2.63. The lowest BCUT2D eigenvalue weighted by molar-refractivity contribution is -0.142. The zero-order valence-electron chi connectivity index (χ0n) is 8.68. The molecule has 8 heteroatoms. The molecule has 0 bridgehead atoms. The summed E-state index contributed by atoms with van der Waals surface area (Å²) in [7, 11) is 1.00. The van der Waals surface area contributed by atoms with Crippen molar-refractivity contribution in [3.05, 3.63) is 23.0 Å². The Morgan fingerprint density at radius 3 is 2.35 bits per heavy atom. The molecule has 1 heterocycles. The number of ether oxygens (including phenoxy) is 1. The number of aromatic nitrogens is 1. The summed E-state index contributed by atoms with van der Waals surface area (Å²) in [6.07, 6.45) is -7.29. The second-order valence-electron chi connectivity index (χ2n) is 3.08. The fourth-order valence-corrected chi connectivity index (χ4v) is 1.38. The Kier molecular flexibility index (Phi) is 3.87. The standard InChI is InChI=1S/C9H9F5N2O/c1-17-6-4(2-15)7(9(12,13)14)16-3-5(6)8(10)11/h3,8H,2,15H2,1H3. The summed E-state index contributed by atoms with van der Waals surface area (Å²) in [5.74, 6) is -0.565. The predicted molar refractivity (Wildman–Crippen MR) is 48.6 cm³/mol. The number of rotatable bonds is 3. The minimum Gasteiger partial charge on any atom is -0.496 e. The lowest BCUT2D eigenvalue weighted by Crippen LogP contribution is -2.16. The highest BCUT2D eigenvalue weighted by molar-refractivity contribution is 5.44. The van der Waals surface area contributed by atoms with Gasteiger partial charge in [0.05, 0.1) is 12.7 Å². The van der Waals surface area contributed by atoms with Gasteiger partial charge in [-0.25, -0.2) is 8.78 Å². The smallest absolute Gasteiger partial charge is 0.433 e. The Bertz CT molecular complexity index is 405. The van der Waals surface area contributed by atoms with Crippen molar-refractivity contribution < 1.29 is 26.7 Å². The van der Waals surface area contributed by atoms with Crippen LogP contribution >= 0.6 is 0 Å². The second-order valence-corrected chi connectivity index (χ2v) is 3.08. The Hall–Kier alpha value is -1.44. The molecule has 3 nitrogen and oxygen atoms in total. The first kappa shape index (κ1) is 13.6. The topological polar surface area (TPSA) is 48.1 Å². The van der Waals surface area contributed by atoms with Crippen molar-refractivity contribution >= 4 is 0 Å². The summed E-state index contributed by atoms with van der Waals surface area (Å²) in [5, 5.41) is 0. The van der Waals surface area contributed by atoms with Gasteiger partial charge in [0, 0.05) is 18.3 Å². The third-order valence-corrected chi connectivity index (χ3v) is 2.07. The number of hydrogen-bond donors (Lipinski definition) is 1. The molecule has 1 aromatic rings. The monoisotopic (exact) mass is 256 g/mol. The molecule has 0 saturated heterocycles. The molecule has 0 aromatic carbocycles. The zero-order chi connectivity index (χ0) is 13.2. The van der Waals surface area contributed by atoms with Gasteiger partial charge in [-0.2, -0.15) is 13.2 Å². The molecule has 0 atom stereocenters. The van der Waals surface area contributed by atoms with E-state index in [1.165, 1.54) is 0 Å². The van der Waals surface area contributed by atoms with Crippen molar-refractivity contribution in [1.82, 2.24) is 4.98 Å². The summed E-state index contributed by atoms with van der Waals surface area (Å²) < 4.78 is 67.2. The van der Waals surface area contributed by atoms with Gasteiger partial charge in [-0.05, 0) is 0 Å². The fourth-order valence-electron chi connectivity index (χ4n) is 1.38. The van der Waals surface area contributed by atoms with Crippen molar-refractivity contribution in [2.45, 2.75) is 19.1 Å². The fraction of sp³-hybridized carbons (Fsp3) is 0.444. The molecule has 96 valence electrons. The average Bonchev–Trinajstić information content (AvgIpc) is 2.25. The number of nitrogens with two attached hydrogens (primary N) is 1. The number of alkyl halides is 5. The van der Waals surface area contributed by atoms with Crippen LogP contribution < -0.4 is 10.5 Å². The van der Waals surface area contributed by atoms with Crippen LogP contribution in [0.1, 0.15) is 23.2 Å². The van der Waals surface area contributed by atoms with Gasteiger partial charge in [0.15, 0.2) is 5.69 Å². The molecule has 1 aromatic heterocycles. The lowest BCUT2D eigenvalue weighted by Gasteiger charge is -2.16. The molecular formula is C9H9F5N2O. The van der Waals surface area contributed by atoms with Crippen LogP contribution in [-0.2, 0) is 12.7 Å². The minimum absolute atomic E-state index is 0.450. The number of pyridine rings is 1. The third-order valence-electron chi connectivity index (χ3n) is 2.07. The van der Waals surface area contributed by atoms with Gasteiger partial charge in [0.25, 0.3) is 6.43 Å². The largest absolute Gasteiger partial charge is 0.496 e. The van der Waals surface area contributed by atoms with Crippen LogP contribution in [0.15, 0.2) is 6.20 Å². The predicted octanol–water partition coefficient (Wildman–Crippen LogP) is 2.51. The van der Waals surface area contributed by atoms with E-state index >= 15 is 0 Å². The Morgan fingerprint density at radius 1 is 1.41 bits per heavy atom. The van der Waals surface area contributed by atoms with Crippen molar-refractivity contribution in [3.63, 3.8) is 0 Å². The maximum atomic E-state index is 12.5. The molecule has 0 aliphatic heterocycles. The number of methoxy groups -OCH3 is 1. The zero-order valence-corrected chi connectivity index (χ0v) is 8.68. The van der Waals surface area contributed by atoms with Crippen LogP contribution in [-0.4, -0.2) is 12.1 Å². The van der Waals surface area contributed by atoms with Crippen LogP contribution in [0.2, 0.25) is 0 Å². The summed E-state index contributed by atoms with van der Waals surface area (Å²) in [6, 6.07) is 0. The van der Waals surface area contributed by atoms with Crippen molar-refractivity contribution in [1.29, 1.82) is 0 Å². The molecule has 0 amide bonds. The van der Waals surface area contributed by atoms with E-state index in [9.17, 15) is 22.0 Å². The van der Waals surface area contributed by atoms with E-state index in [-0.39, 0.29) is 0 Å². The first-order chi connectivity index (χ1) is 7.82. The molecule has 1 rings (SSSR count). The summed E-state index contributed by atoms with van der Waals surface area (Å²) in [6.45, 7) is -0.592. The van der Waals surface area contributed by atoms with E-state index in [1.54, 1.807) is 0 Å². The van der Waals surface area contributed by atoms with Crippen molar-refractivity contribution in [3.8, 4) is 5.75 Å². The van der Waals surface area contributed by atoms with Crippen LogP contribution in [0.5, 0.6) is 5.75 Å².